The third-order valence-corrected chi connectivity index (χ3v) is 4.71. The van der Waals surface area contributed by atoms with Gasteiger partial charge in [-0.05, 0) is 35.9 Å². The van der Waals surface area contributed by atoms with Crippen molar-refractivity contribution in [3.05, 3.63) is 88.7 Å². The molecule has 2 aromatic carbocycles. The van der Waals surface area contributed by atoms with Crippen molar-refractivity contribution in [2.45, 2.75) is 12.7 Å². The number of hydrogen-bond donors (Lipinski definition) is 1. The molecule has 4 rings (SSSR count). The first kappa shape index (κ1) is 19.9. The maximum atomic E-state index is 12.9. The Hall–Kier alpha value is -3.39. The molecule has 0 aliphatic heterocycles. The minimum Gasteiger partial charge on any atom is -0.348 e. The molecule has 0 atom stereocenters. The van der Waals surface area contributed by atoms with Crippen LogP contribution in [0.1, 0.15) is 21.5 Å². The maximum Gasteiger partial charge on any atom is 0.416 e. The van der Waals surface area contributed by atoms with Gasteiger partial charge >= 0.3 is 6.18 Å². The van der Waals surface area contributed by atoms with E-state index in [1.807, 2.05) is 6.07 Å². The number of halogens is 4. The van der Waals surface area contributed by atoms with Gasteiger partial charge in [-0.3, -0.25) is 4.79 Å². The summed E-state index contributed by atoms with van der Waals surface area (Å²) in [5.74, 6) is -0.488. The molecule has 4 aromatic rings. The van der Waals surface area contributed by atoms with Gasteiger partial charge in [0.1, 0.15) is 5.56 Å². The number of benzene rings is 2. The Morgan fingerprint density at radius 1 is 1.10 bits per heavy atom. The predicted molar refractivity (Wildman–Crippen MR) is 106 cm³/mol. The van der Waals surface area contributed by atoms with Crippen LogP contribution < -0.4 is 5.32 Å². The fourth-order valence-electron chi connectivity index (χ4n) is 3.05. The van der Waals surface area contributed by atoms with Crippen molar-refractivity contribution >= 4 is 23.2 Å². The molecule has 0 spiro atoms. The topological polar surface area (TPSA) is 59.3 Å². The lowest BCUT2D eigenvalue weighted by Gasteiger charge is -2.09. The predicted octanol–water partition coefficient (Wildman–Crippen LogP) is 5.00. The second-order valence-electron chi connectivity index (χ2n) is 6.51. The molecule has 2 heterocycles. The number of nitrogens with zero attached hydrogens (tertiary/aromatic N) is 3. The molecule has 30 heavy (non-hydrogen) atoms. The van der Waals surface area contributed by atoms with Gasteiger partial charge in [0.25, 0.3) is 5.91 Å². The number of carbonyl (C=O) groups excluding carboxylic acids is 1. The van der Waals surface area contributed by atoms with Crippen LogP contribution in [-0.2, 0) is 12.7 Å². The Bertz CT molecular complexity index is 1240. The molecule has 0 aliphatic carbocycles. The Labute approximate surface area is 174 Å². The van der Waals surface area contributed by atoms with Crippen molar-refractivity contribution in [3.8, 4) is 11.3 Å². The molecular weight excluding hydrogens is 417 g/mol. The number of aromatic nitrogens is 3. The number of rotatable bonds is 4. The fourth-order valence-corrected chi connectivity index (χ4v) is 3.24. The van der Waals surface area contributed by atoms with Crippen molar-refractivity contribution in [2.24, 2.45) is 0 Å². The van der Waals surface area contributed by atoms with E-state index in [1.54, 1.807) is 30.5 Å². The van der Waals surface area contributed by atoms with E-state index < -0.39 is 17.6 Å². The van der Waals surface area contributed by atoms with Gasteiger partial charge in [-0.1, -0.05) is 35.9 Å². The van der Waals surface area contributed by atoms with Crippen molar-refractivity contribution in [2.75, 3.05) is 0 Å². The van der Waals surface area contributed by atoms with Crippen molar-refractivity contribution in [3.63, 3.8) is 0 Å². The Kier molecular flexibility index (Phi) is 5.17. The first-order valence-corrected chi connectivity index (χ1v) is 9.24. The standard InChI is InChI=1S/C21H14ClF3N4O/c22-16-6-2-4-14(10-16)18-7-8-26-19-17(12-28-29(18)19)20(30)27-11-13-3-1-5-15(9-13)21(23,24)25/h1-10,12H,11H2,(H,27,30). The molecular formula is C21H14ClF3N4O. The van der Waals surface area contributed by atoms with Crippen LogP contribution in [0.15, 0.2) is 67.0 Å². The molecule has 9 heteroatoms. The quantitative estimate of drug-likeness (QED) is 0.495. The second-order valence-corrected chi connectivity index (χ2v) is 6.95. The van der Waals surface area contributed by atoms with Crippen LogP contribution >= 0.6 is 11.6 Å². The zero-order valence-corrected chi connectivity index (χ0v) is 16.1. The smallest absolute Gasteiger partial charge is 0.348 e. The van der Waals surface area contributed by atoms with Crippen LogP contribution in [0, 0.1) is 0 Å². The summed E-state index contributed by atoms with van der Waals surface area (Å²) in [6.45, 7) is -0.0614. The van der Waals surface area contributed by atoms with Crippen molar-refractivity contribution in [1.29, 1.82) is 0 Å². The molecule has 0 saturated carbocycles. The van der Waals surface area contributed by atoms with E-state index in [1.165, 1.54) is 22.8 Å². The Morgan fingerprint density at radius 2 is 1.90 bits per heavy atom. The summed E-state index contributed by atoms with van der Waals surface area (Å²) in [6, 6.07) is 13.7. The van der Waals surface area contributed by atoms with Crippen LogP contribution in [0.3, 0.4) is 0 Å². The molecule has 1 amide bonds. The van der Waals surface area contributed by atoms with Gasteiger partial charge in [0, 0.05) is 23.3 Å². The van der Waals surface area contributed by atoms with E-state index in [0.29, 0.717) is 21.9 Å². The lowest BCUT2D eigenvalue weighted by molar-refractivity contribution is -0.137. The van der Waals surface area contributed by atoms with Gasteiger partial charge in [-0.15, -0.1) is 0 Å². The zero-order valence-electron chi connectivity index (χ0n) is 15.3. The molecule has 1 N–H and O–H groups in total. The molecule has 0 aliphatic rings. The first-order chi connectivity index (χ1) is 14.3. The summed E-state index contributed by atoms with van der Waals surface area (Å²) in [5, 5.41) is 7.43. The Morgan fingerprint density at radius 3 is 2.67 bits per heavy atom. The van der Waals surface area contributed by atoms with E-state index in [-0.39, 0.29) is 12.1 Å². The van der Waals surface area contributed by atoms with E-state index in [4.69, 9.17) is 11.6 Å². The summed E-state index contributed by atoms with van der Waals surface area (Å²) in [4.78, 5) is 16.9. The third kappa shape index (κ3) is 3.99. The normalized spacial score (nSPS) is 11.6. The maximum absolute atomic E-state index is 12.9. The summed E-state index contributed by atoms with van der Waals surface area (Å²) in [5.41, 5.74) is 1.61. The molecule has 5 nitrogen and oxygen atoms in total. The van der Waals surface area contributed by atoms with E-state index in [2.05, 4.69) is 15.4 Å². The molecule has 152 valence electrons. The van der Waals surface area contributed by atoms with Crippen LogP contribution in [0.5, 0.6) is 0 Å². The minimum atomic E-state index is -4.44. The van der Waals surface area contributed by atoms with Crippen molar-refractivity contribution in [1.82, 2.24) is 19.9 Å². The van der Waals surface area contributed by atoms with E-state index in [9.17, 15) is 18.0 Å². The number of hydrogen-bond acceptors (Lipinski definition) is 3. The molecule has 2 aromatic heterocycles. The summed E-state index contributed by atoms with van der Waals surface area (Å²) in [7, 11) is 0. The summed E-state index contributed by atoms with van der Waals surface area (Å²) in [6.07, 6.45) is -1.52. The van der Waals surface area contributed by atoms with Crippen LogP contribution in [0.25, 0.3) is 16.9 Å². The van der Waals surface area contributed by atoms with Gasteiger partial charge in [-0.25, -0.2) is 9.50 Å². The van der Waals surface area contributed by atoms with Crippen LogP contribution in [0.2, 0.25) is 5.02 Å². The number of fused-ring (bicyclic) bond motifs is 1. The zero-order chi connectivity index (χ0) is 21.3. The average Bonchev–Trinajstić information content (AvgIpc) is 3.16. The van der Waals surface area contributed by atoms with Gasteiger partial charge in [0.15, 0.2) is 5.65 Å². The van der Waals surface area contributed by atoms with Crippen molar-refractivity contribution < 1.29 is 18.0 Å². The van der Waals surface area contributed by atoms with Gasteiger partial charge in [0.05, 0.1) is 17.5 Å². The largest absolute Gasteiger partial charge is 0.416 e. The molecule has 0 fully saturated rings. The molecule has 0 radical (unpaired) electrons. The Balaban J connectivity index is 1.58. The molecule has 0 bridgehead atoms. The molecule has 0 saturated heterocycles. The molecule has 0 unspecified atom stereocenters. The summed E-state index contributed by atoms with van der Waals surface area (Å²) < 4.78 is 40.1. The van der Waals surface area contributed by atoms with E-state index in [0.717, 1.165) is 17.7 Å². The number of carbonyl (C=O) groups is 1. The highest BCUT2D eigenvalue weighted by molar-refractivity contribution is 6.30. The van der Waals surface area contributed by atoms with Crippen LogP contribution in [0.4, 0.5) is 13.2 Å². The highest BCUT2D eigenvalue weighted by atomic mass is 35.5. The van der Waals surface area contributed by atoms with E-state index >= 15 is 0 Å². The number of nitrogens with one attached hydrogen (secondary N) is 1. The first-order valence-electron chi connectivity index (χ1n) is 8.86. The SMILES string of the molecule is O=C(NCc1cccc(C(F)(F)F)c1)c1cnn2c(-c3cccc(Cl)c3)ccnc12. The number of amides is 1. The lowest BCUT2D eigenvalue weighted by atomic mass is 10.1. The highest BCUT2D eigenvalue weighted by Crippen LogP contribution is 2.29. The lowest BCUT2D eigenvalue weighted by Crippen LogP contribution is -2.23. The third-order valence-electron chi connectivity index (χ3n) is 4.47. The monoisotopic (exact) mass is 430 g/mol. The highest BCUT2D eigenvalue weighted by Gasteiger charge is 2.30. The second kappa shape index (κ2) is 7.79. The van der Waals surface area contributed by atoms with Crippen LogP contribution in [-0.4, -0.2) is 20.5 Å². The average molecular weight is 431 g/mol. The van der Waals surface area contributed by atoms with Gasteiger partial charge in [0.2, 0.25) is 0 Å². The van der Waals surface area contributed by atoms with Gasteiger partial charge in [-0.2, -0.15) is 18.3 Å². The fraction of sp³-hybridized carbons (Fsp3) is 0.0952. The van der Waals surface area contributed by atoms with Gasteiger partial charge < -0.3 is 5.32 Å². The minimum absolute atomic E-state index is 0.0614. The summed E-state index contributed by atoms with van der Waals surface area (Å²) >= 11 is 6.06. The number of alkyl halides is 3.